The second-order valence-electron chi connectivity index (χ2n) is 5.32. The number of urea groups is 1. The van der Waals surface area contributed by atoms with Crippen molar-refractivity contribution in [3.8, 4) is 5.75 Å². The van der Waals surface area contributed by atoms with Crippen LogP contribution in [0.15, 0.2) is 18.2 Å². The van der Waals surface area contributed by atoms with Crippen LogP contribution in [0, 0.1) is 6.92 Å². The van der Waals surface area contributed by atoms with E-state index in [9.17, 15) is 14.4 Å². The number of imide groups is 1. The van der Waals surface area contributed by atoms with Crippen molar-refractivity contribution >= 4 is 29.5 Å². The number of rotatable bonds is 10. The number of carbonyl (C=O) groups excluding carboxylic acids is 3. The Kier molecular flexibility index (Phi) is 10.1. The van der Waals surface area contributed by atoms with Gasteiger partial charge in [-0.3, -0.25) is 14.9 Å². The van der Waals surface area contributed by atoms with E-state index in [4.69, 9.17) is 25.8 Å². The number of hydrogen-bond acceptors (Lipinski definition) is 6. The zero-order valence-corrected chi connectivity index (χ0v) is 15.6. The van der Waals surface area contributed by atoms with Crippen LogP contribution in [0.2, 0.25) is 5.02 Å². The molecule has 9 heteroatoms. The standard InChI is InChI=1S/C17H23ClN2O6/c1-12-10-13(5-6-14(12)18)25-8-3-4-16(22)26-11-15(21)20-17(23)19-7-9-24-2/h5-6,10H,3-4,7-9,11H2,1-2H3,(H2,19,20,21,23). The first-order valence-electron chi connectivity index (χ1n) is 8.03. The summed E-state index contributed by atoms with van der Waals surface area (Å²) in [5.41, 5.74) is 0.904. The molecule has 0 aromatic heterocycles. The zero-order chi connectivity index (χ0) is 19.4. The molecular formula is C17H23ClN2O6. The maximum Gasteiger partial charge on any atom is 0.321 e. The third-order valence-electron chi connectivity index (χ3n) is 3.13. The lowest BCUT2D eigenvalue weighted by atomic mass is 10.2. The Morgan fingerprint density at radius 1 is 1.19 bits per heavy atom. The van der Waals surface area contributed by atoms with Crippen LogP contribution in [0.5, 0.6) is 5.75 Å². The van der Waals surface area contributed by atoms with E-state index in [-0.39, 0.29) is 13.0 Å². The maximum atomic E-state index is 11.6. The fourth-order valence-corrected chi connectivity index (χ4v) is 1.92. The summed E-state index contributed by atoms with van der Waals surface area (Å²) in [7, 11) is 1.49. The highest BCUT2D eigenvalue weighted by Gasteiger charge is 2.10. The number of esters is 1. The third kappa shape index (κ3) is 9.24. The van der Waals surface area contributed by atoms with E-state index in [1.165, 1.54) is 7.11 Å². The summed E-state index contributed by atoms with van der Waals surface area (Å²) in [4.78, 5) is 34.3. The highest BCUT2D eigenvalue weighted by molar-refractivity contribution is 6.31. The van der Waals surface area contributed by atoms with E-state index in [1.807, 2.05) is 18.3 Å². The molecule has 8 nitrogen and oxygen atoms in total. The number of halogens is 1. The van der Waals surface area contributed by atoms with Crippen LogP contribution in [0.1, 0.15) is 18.4 Å². The van der Waals surface area contributed by atoms with Gasteiger partial charge in [0.25, 0.3) is 5.91 Å². The molecule has 0 aliphatic carbocycles. The van der Waals surface area contributed by atoms with E-state index >= 15 is 0 Å². The third-order valence-corrected chi connectivity index (χ3v) is 3.56. The second-order valence-corrected chi connectivity index (χ2v) is 5.73. The molecule has 0 spiro atoms. The lowest BCUT2D eigenvalue weighted by Gasteiger charge is -2.08. The van der Waals surface area contributed by atoms with E-state index < -0.39 is 24.5 Å². The van der Waals surface area contributed by atoms with Gasteiger partial charge in [0.05, 0.1) is 13.2 Å². The van der Waals surface area contributed by atoms with Crippen LogP contribution < -0.4 is 15.4 Å². The molecule has 1 aromatic carbocycles. The second kappa shape index (κ2) is 12.1. The largest absolute Gasteiger partial charge is 0.494 e. The van der Waals surface area contributed by atoms with Gasteiger partial charge >= 0.3 is 12.0 Å². The van der Waals surface area contributed by atoms with Gasteiger partial charge in [-0.05, 0) is 37.1 Å². The molecule has 1 aromatic rings. The Bertz CT molecular complexity index is 623. The summed E-state index contributed by atoms with van der Waals surface area (Å²) in [6.07, 6.45) is 0.527. The molecule has 26 heavy (non-hydrogen) atoms. The van der Waals surface area contributed by atoms with Crippen molar-refractivity contribution in [1.29, 1.82) is 0 Å². The predicted molar refractivity (Wildman–Crippen MR) is 95.3 cm³/mol. The monoisotopic (exact) mass is 386 g/mol. The number of hydrogen-bond donors (Lipinski definition) is 2. The first-order valence-corrected chi connectivity index (χ1v) is 8.41. The van der Waals surface area contributed by atoms with Gasteiger partial charge in [-0.25, -0.2) is 4.79 Å². The maximum absolute atomic E-state index is 11.6. The molecule has 3 amide bonds. The molecule has 0 heterocycles. The molecule has 0 atom stereocenters. The van der Waals surface area contributed by atoms with Crippen molar-refractivity contribution in [3.05, 3.63) is 28.8 Å². The van der Waals surface area contributed by atoms with Crippen molar-refractivity contribution in [3.63, 3.8) is 0 Å². The van der Waals surface area contributed by atoms with Gasteiger partial charge in [0.15, 0.2) is 6.61 Å². The van der Waals surface area contributed by atoms with Gasteiger partial charge in [-0.2, -0.15) is 0 Å². The number of ether oxygens (including phenoxy) is 3. The van der Waals surface area contributed by atoms with Gasteiger partial charge in [0.2, 0.25) is 0 Å². The summed E-state index contributed by atoms with van der Waals surface area (Å²) in [5.74, 6) is -0.587. The van der Waals surface area contributed by atoms with Crippen molar-refractivity contribution in [2.24, 2.45) is 0 Å². The van der Waals surface area contributed by atoms with Crippen LogP contribution >= 0.6 is 11.6 Å². The van der Waals surface area contributed by atoms with Crippen molar-refractivity contribution in [2.75, 3.05) is 33.5 Å². The van der Waals surface area contributed by atoms with Gasteiger partial charge in [0.1, 0.15) is 5.75 Å². The minimum absolute atomic E-state index is 0.0971. The van der Waals surface area contributed by atoms with E-state index in [2.05, 4.69) is 5.32 Å². The Hall–Kier alpha value is -2.32. The first kappa shape index (κ1) is 21.7. The van der Waals surface area contributed by atoms with Crippen molar-refractivity contribution in [2.45, 2.75) is 19.8 Å². The van der Waals surface area contributed by atoms with Crippen LogP contribution in [-0.2, 0) is 19.1 Å². The SMILES string of the molecule is COCCNC(=O)NC(=O)COC(=O)CCCOc1ccc(Cl)c(C)c1. The molecule has 0 unspecified atom stereocenters. The molecule has 1 rings (SSSR count). The zero-order valence-electron chi connectivity index (χ0n) is 14.8. The predicted octanol–water partition coefficient (Wildman–Crippen LogP) is 1.82. The molecule has 0 saturated carbocycles. The van der Waals surface area contributed by atoms with Gasteiger partial charge in [0, 0.05) is 25.1 Å². The summed E-state index contributed by atoms with van der Waals surface area (Å²) >= 11 is 5.93. The number of benzene rings is 1. The number of carbonyl (C=O) groups is 3. The van der Waals surface area contributed by atoms with Crippen LogP contribution in [0.25, 0.3) is 0 Å². The molecule has 0 fully saturated rings. The molecule has 0 bridgehead atoms. The average molecular weight is 387 g/mol. The van der Waals surface area contributed by atoms with Crippen LogP contribution in [0.3, 0.4) is 0 Å². The molecule has 0 aliphatic heterocycles. The van der Waals surface area contributed by atoms with Crippen molar-refractivity contribution in [1.82, 2.24) is 10.6 Å². The van der Waals surface area contributed by atoms with Gasteiger partial charge in [-0.15, -0.1) is 0 Å². The molecular weight excluding hydrogens is 364 g/mol. The van der Waals surface area contributed by atoms with Crippen LogP contribution in [-0.4, -0.2) is 51.4 Å². The summed E-state index contributed by atoms with van der Waals surface area (Å²) < 4.78 is 15.0. The minimum Gasteiger partial charge on any atom is -0.494 e. The number of amides is 3. The lowest BCUT2D eigenvalue weighted by molar-refractivity contribution is -0.148. The Balaban J connectivity index is 2.13. The first-order chi connectivity index (χ1) is 12.4. The number of nitrogens with one attached hydrogen (secondary N) is 2. The normalized spacial score (nSPS) is 10.1. The van der Waals surface area contributed by atoms with Crippen molar-refractivity contribution < 1.29 is 28.6 Å². The van der Waals surface area contributed by atoms with E-state index in [0.29, 0.717) is 30.4 Å². The van der Waals surface area contributed by atoms with Gasteiger partial charge < -0.3 is 19.5 Å². The quantitative estimate of drug-likeness (QED) is 0.469. The highest BCUT2D eigenvalue weighted by Crippen LogP contribution is 2.21. The molecule has 144 valence electrons. The Morgan fingerprint density at radius 3 is 2.65 bits per heavy atom. The fraction of sp³-hybridized carbons (Fsp3) is 0.471. The summed E-state index contributed by atoms with van der Waals surface area (Å²) in [6, 6.07) is 4.62. The summed E-state index contributed by atoms with van der Waals surface area (Å²) in [6.45, 7) is 2.27. The van der Waals surface area contributed by atoms with E-state index in [1.54, 1.807) is 12.1 Å². The Morgan fingerprint density at radius 2 is 1.96 bits per heavy atom. The fourth-order valence-electron chi connectivity index (χ4n) is 1.81. The van der Waals surface area contributed by atoms with E-state index in [0.717, 1.165) is 5.56 Å². The van der Waals surface area contributed by atoms with Crippen LogP contribution in [0.4, 0.5) is 4.79 Å². The number of methoxy groups -OCH3 is 1. The molecule has 0 saturated heterocycles. The average Bonchev–Trinajstić information content (AvgIpc) is 2.60. The molecule has 0 radical (unpaired) electrons. The molecule has 2 N–H and O–H groups in total. The lowest BCUT2D eigenvalue weighted by Crippen LogP contribution is -2.42. The Labute approximate surface area is 157 Å². The van der Waals surface area contributed by atoms with Gasteiger partial charge in [-0.1, -0.05) is 11.6 Å². The smallest absolute Gasteiger partial charge is 0.321 e. The highest BCUT2D eigenvalue weighted by atomic mass is 35.5. The summed E-state index contributed by atoms with van der Waals surface area (Å²) in [5, 5.41) is 5.10. The number of aryl methyl sites for hydroxylation is 1. The topological polar surface area (TPSA) is 103 Å². The molecule has 0 aliphatic rings. The minimum atomic E-state index is -0.707.